The van der Waals surface area contributed by atoms with E-state index in [2.05, 4.69) is 26.0 Å². The van der Waals surface area contributed by atoms with Gasteiger partial charge in [0.15, 0.2) is 0 Å². The number of hydrogen-bond donors (Lipinski definition) is 1. The first kappa shape index (κ1) is 8.23. The highest BCUT2D eigenvalue weighted by atomic mass is 79.9. The summed E-state index contributed by atoms with van der Waals surface area (Å²) in [4.78, 5) is 14.1. The van der Waals surface area contributed by atoms with Crippen LogP contribution in [0.4, 0.5) is 0 Å². The zero-order valence-corrected chi connectivity index (χ0v) is 8.91. The molecule has 2 aromatic rings. The maximum atomic E-state index is 11.5. The molecular weight excluding hydrogens is 246 g/mol. The molecule has 5 heteroatoms. The minimum absolute atomic E-state index is 0.0740. The second kappa shape index (κ2) is 2.70. The van der Waals surface area contributed by atoms with Gasteiger partial charge in [-0.05, 0) is 28.8 Å². The Labute approximate surface area is 88.1 Å². The summed E-state index contributed by atoms with van der Waals surface area (Å²) in [5.41, 5.74) is 0.677. The number of hydrogen-bond acceptors (Lipinski definition) is 2. The molecule has 1 saturated carbocycles. The Hall–Kier alpha value is -1.10. The zero-order chi connectivity index (χ0) is 9.71. The van der Waals surface area contributed by atoms with Gasteiger partial charge < -0.3 is 4.98 Å². The van der Waals surface area contributed by atoms with E-state index in [4.69, 9.17) is 0 Å². The van der Waals surface area contributed by atoms with E-state index in [1.165, 1.54) is 12.8 Å². The van der Waals surface area contributed by atoms with Crippen LogP contribution in [-0.4, -0.2) is 14.8 Å². The zero-order valence-electron chi connectivity index (χ0n) is 7.33. The Morgan fingerprint density at radius 1 is 1.57 bits per heavy atom. The van der Waals surface area contributed by atoms with Crippen molar-refractivity contribution >= 4 is 26.8 Å². The van der Waals surface area contributed by atoms with Gasteiger partial charge in [0.05, 0.1) is 15.9 Å². The molecule has 0 aromatic carbocycles. The van der Waals surface area contributed by atoms with E-state index in [9.17, 15) is 4.79 Å². The summed E-state index contributed by atoms with van der Waals surface area (Å²) in [5.74, 6) is 0. The van der Waals surface area contributed by atoms with Gasteiger partial charge >= 0.3 is 0 Å². The van der Waals surface area contributed by atoms with E-state index in [0.29, 0.717) is 11.4 Å². The Balaban J connectivity index is 2.35. The number of nitrogens with zero attached hydrogens (tertiary/aromatic N) is 2. The molecule has 0 spiro atoms. The number of nitrogens with one attached hydrogen (secondary N) is 1. The van der Waals surface area contributed by atoms with Gasteiger partial charge in [0.2, 0.25) is 0 Å². The number of rotatable bonds is 1. The van der Waals surface area contributed by atoms with Gasteiger partial charge in [-0.1, -0.05) is 0 Å². The molecule has 0 atom stereocenters. The predicted octanol–water partition coefficient (Wildman–Crippen LogP) is 1.82. The van der Waals surface area contributed by atoms with E-state index in [1.807, 2.05) is 10.9 Å². The predicted molar refractivity (Wildman–Crippen MR) is 56.3 cm³/mol. The second-order valence-electron chi connectivity index (χ2n) is 3.57. The Kier molecular flexibility index (Phi) is 1.58. The standard InChI is InChI=1S/C9H8BrN3O/c10-7-3-11-9(14)6-4-13(5-1-2-5)12-8(6)7/h3-5H,1-2H2,(H,11,14). The summed E-state index contributed by atoms with van der Waals surface area (Å²) in [6, 6.07) is 0.508. The first-order chi connectivity index (χ1) is 6.75. The van der Waals surface area contributed by atoms with Gasteiger partial charge in [0, 0.05) is 12.4 Å². The average molecular weight is 254 g/mol. The maximum absolute atomic E-state index is 11.5. The molecule has 0 unspecified atom stereocenters. The normalized spacial score (nSPS) is 16.4. The summed E-state index contributed by atoms with van der Waals surface area (Å²) in [7, 11) is 0. The van der Waals surface area contributed by atoms with Crippen LogP contribution in [0.5, 0.6) is 0 Å². The van der Waals surface area contributed by atoms with Crippen molar-refractivity contribution < 1.29 is 0 Å². The van der Waals surface area contributed by atoms with Gasteiger partial charge in [-0.15, -0.1) is 0 Å². The topological polar surface area (TPSA) is 50.7 Å². The molecule has 0 amide bonds. The molecule has 72 valence electrons. The quantitative estimate of drug-likeness (QED) is 0.843. The fourth-order valence-electron chi connectivity index (χ4n) is 1.54. The molecular formula is C9H8BrN3O. The van der Waals surface area contributed by atoms with Crippen molar-refractivity contribution in [2.45, 2.75) is 18.9 Å². The Morgan fingerprint density at radius 3 is 3.00 bits per heavy atom. The van der Waals surface area contributed by atoms with Crippen LogP contribution in [0.2, 0.25) is 0 Å². The van der Waals surface area contributed by atoms with Crippen molar-refractivity contribution in [3.05, 3.63) is 27.2 Å². The summed E-state index contributed by atoms with van der Waals surface area (Å²) < 4.78 is 2.73. The molecule has 14 heavy (non-hydrogen) atoms. The van der Waals surface area contributed by atoms with Crippen LogP contribution in [-0.2, 0) is 0 Å². The number of aromatic amines is 1. The van der Waals surface area contributed by atoms with Crippen molar-refractivity contribution in [1.29, 1.82) is 0 Å². The Bertz CT molecular complexity index is 553. The summed E-state index contributed by atoms with van der Waals surface area (Å²) in [5, 5.41) is 5.04. The number of halogens is 1. The van der Waals surface area contributed by atoms with Gasteiger partial charge in [-0.25, -0.2) is 0 Å². The molecule has 3 rings (SSSR count). The van der Waals surface area contributed by atoms with Crippen LogP contribution < -0.4 is 5.56 Å². The molecule has 0 aliphatic heterocycles. The number of fused-ring (bicyclic) bond motifs is 1. The van der Waals surface area contributed by atoms with Gasteiger partial charge in [0.25, 0.3) is 5.56 Å². The van der Waals surface area contributed by atoms with E-state index in [1.54, 1.807) is 6.20 Å². The average Bonchev–Trinajstić information content (AvgIpc) is 2.92. The number of pyridine rings is 1. The third-order valence-electron chi connectivity index (χ3n) is 2.45. The van der Waals surface area contributed by atoms with Crippen molar-refractivity contribution in [2.75, 3.05) is 0 Å². The SMILES string of the molecule is O=c1[nH]cc(Br)c2nn(C3CC3)cc12. The maximum Gasteiger partial charge on any atom is 0.259 e. The van der Waals surface area contributed by atoms with Gasteiger partial charge in [0.1, 0.15) is 5.52 Å². The largest absolute Gasteiger partial charge is 0.327 e. The first-order valence-electron chi connectivity index (χ1n) is 4.52. The van der Waals surface area contributed by atoms with Crippen LogP contribution in [0.1, 0.15) is 18.9 Å². The van der Waals surface area contributed by atoms with Crippen LogP contribution in [0.25, 0.3) is 10.9 Å². The summed E-state index contributed by atoms with van der Waals surface area (Å²) in [6.07, 6.45) is 5.80. The lowest BCUT2D eigenvalue weighted by Gasteiger charge is -1.92. The first-order valence-corrected chi connectivity index (χ1v) is 5.31. The Morgan fingerprint density at radius 2 is 2.36 bits per heavy atom. The van der Waals surface area contributed by atoms with E-state index < -0.39 is 0 Å². The van der Waals surface area contributed by atoms with Crippen molar-refractivity contribution in [3.63, 3.8) is 0 Å². The minimum Gasteiger partial charge on any atom is -0.327 e. The molecule has 4 nitrogen and oxygen atoms in total. The van der Waals surface area contributed by atoms with Crippen molar-refractivity contribution in [1.82, 2.24) is 14.8 Å². The van der Waals surface area contributed by atoms with Gasteiger partial charge in [-0.2, -0.15) is 5.10 Å². The van der Waals surface area contributed by atoms with Crippen molar-refractivity contribution in [2.24, 2.45) is 0 Å². The smallest absolute Gasteiger partial charge is 0.259 e. The van der Waals surface area contributed by atoms with Crippen LogP contribution in [0, 0.1) is 0 Å². The lowest BCUT2D eigenvalue weighted by Crippen LogP contribution is -2.03. The van der Waals surface area contributed by atoms with Crippen LogP contribution in [0.15, 0.2) is 21.7 Å². The molecule has 0 bridgehead atoms. The van der Waals surface area contributed by atoms with E-state index in [-0.39, 0.29) is 5.56 Å². The lowest BCUT2D eigenvalue weighted by atomic mass is 10.3. The second-order valence-corrected chi connectivity index (χ2v) is 4.42. The van der Waals surface area contributed by atoms with Crippen LogP contribution in [0.3, 0.4) is 0 Å². The molecule has 0 saturated heterocycles. The third kappa shape index (κ3) is 1.12. The molecule has 2 aromatic heterocycles. The summed E-state index contributed by atoms with van der Waals surface area (Å²) in [6.45, 7) is 0. The molecule has 2 heterocycles. The highest BCUT2D eigenvalue weighted by Gasteiger charge is 2.25. The number of H-pyrrole nitrogens is 1. The highest BCUT2D eigenvalue weighted by molar-refractivity contribution is 9.10. The minimum atomic E-state index is -0.0740. The van der Waals surface area contributed by atoms with Crippen molar-refractivity contribution in [3.8, 4) is 0 Å². The molecule has 1 aliphatic rings. The highest BCUT2D eigenvalue weighted by Crippen LogP contribution is 2.35. The fraction of sp³-hybridized carbons (Fsp3) is 0.333. The lowest BCUT2D eigenvalue weighted by molar-refractivity contribution is 0.649. The van der Waals surface area contributed by atoms with E-state index in [0.717, 1.165) is 9.99 Å². The molecule has 1 aliphatic carbocycles. The monoisotopic (exact) mass is 253 g/mol. The van der Waals surface area contributed by atoms with Crippen LogP contribution >= 0.6 is 15.9 Å². The fourth-order valence-corrected chi connectivity index (χ4v) is 1.94. The molecule has 1 N–H and O–H groups in total. The molecule has 1 fully saturated rings. The van der Waals surface area contributed by atoms with Gasteiger partial charge in [-0.3, -0.25) is 9.48 Å². The number of aromatic nitrogens is 3. The third-order valence-corrected chi connectivity index (χ3v) is 3.06. The summed E-state index contributed by atoms with van der Waals surface area (Å²) >= 11 is 3.37. The van der Waals surface area contributed by atoms with E-state index >= 15 is 0 Å². The molecule has 0 radical (unpaired) electrons.